The number of halogens is 2. The normalized spacial score (nSPS) is 19.0. The molecule has 9 heteroatoms. The molecule has 0 radical (unpaired) electrons. The van der Waals surface area contributed by atoms with Gasteiger partial charge in [0.25, 0.3) is 0 Å². The summed E-state index contributed by atoms with van der Waals surface area (Å²) in [5.41, 5.74) is 1.12. The standard InChI is InChI=1S/C22H24Cl2N2O4S/c23-17-7-5-16(6-8-17)22(11-12-22)15-25-21(27)30-18-9-13-26(14-10-18)31(28,29)20-4-2-1-3-19(20)24/h1-8,18H,9-15H2,(H,25,27). The van der Waals surface area contributed by atoms with Crippen molar-refractivity contribution in [2.24, 2.45) is 0 Å². The molecule has 1 saturated carbocycles. The van der Waals surface area contributed by atoms with Crippen LogP contribution in [0.25, 0.3) is 0 Å². The third kappa shape index (κ3) is 5.00. The molecule has 2 aromatic carbocycles. The Kier molecular flexibility index (Phi) is 6.49. The van der Waals surface area contributed by atoms with Crippen molar-refractivity contribution < 1.29 is 17.9 Å². The fourth-order valence-electron chi connectivity index (χ4n) is 3.94. The van der Waals surface area contributed by atoms with E-state index < -0.39 is 16.1 Å². The van der Waals surface area contributed by atoms with Crippen LogP contribution in [0, 0.1) is 0 Å². The van der Waals surface area contributed by atoms with Crippen molar-refractivity contribution in [1.29, 1.82) is 0 Å². The number of nitrogens with zero attached hydrogens (tertiary/aromatic N) is 1. The lowest BCUT2D eigenvalue weighted by molar-refractivity contribution is 0.0668. The predicted molar refractivity (Wildman–Crippen MR) is 120 cm³/mol. The molecule has 0 atom stereocenters. The van der Waals surface area contributed by atoms with E-state index in [-0.39, 0.29) is 34.5 Å². The highest BCUT2D eigenvalue weighted by Gasteiger charge is 2.44. The van der Waals surface area contributed by atoms with Gasteiger partial charge in [-0.05, 0) is 55.5 Å². The number of hydrogen-bond acceptors (Lipinski definition) is 4. The van der Waals surface area contributed by atoms with Gasteiger partial charge in [0.1, 0.15) is 11.0 Å². The number of amides is 1. The number of nitrogens with one attached hydrogen (secondary N) is 1. The molecule has 0 unspecified atom stereocenters. The summed E-state index contributed by atoms with van der Waals surface area (Å²) in [4.78, 5) is 12.4. The van der Waals surface area contributed by atoms with Gasteiger partial charge in [0.2, 0.25) is 10.0 Å². The Morgan fingerprint density at radius 1 is 1.06 bits per heavy atom. The molecule has 0 spiro atoms. The minimum absolute atomic E-state index is 0.0456. The van der Waals surface area contributed by atoms with Crippen molar-refractivity contribution in [1.82, 2.24) is 9.62 Å². The van der Waals surface area contributed by atoms with Crippen LogP contribution in [-0.2, 0) is 20.2 Å². The number of sulfonamides is 1. The van der Waals surface area contributed by atoms with Crippen LogP contribution >= 0.6 is 23.2 Å². The molecule has 31 heavy (non-hydrogen) atoms. The van der Waals surface area contributed by atoms with Crippen molar-refractivity contribution in [3.05, 3.63) is 64.1 Å². The van der Waals surface area contributed by atoms with Crippen LogP contribution in [0.5, 0.6) is 0 Å². The highest BCUT2D eigenvalue weighted by molar-refractivity contribution is 7.89. The molecule has 2 aromatic rings. The Labute approximate surface area is 192 Å². The van der Waals surface area contributed by atoms with E-state index in [0.29, 0.717) is 24.4 Å². The Bertz CT molecular complexity index is 1050. The lowest BCUT2D eigenvalue weighted by Gasteiger charge is -2.31. The van der Waals surface area contributed by atoms with Crippen LogP contribution in [0.4, 0.5) is 4.79 Å². The number of benzene rings is 2. The maximum Gasteiger partial charge on any atom is 0.407 e. The van der Waals surface area contributed by atoms with Crippen LogP contribution in [-0.4, -0.2) is 44.6 Å². The Morgan fingerprint density at radius 2 is 1.71 bits per heavy atom. The zero-order valence-corrected chi connectivity index (χ0v) is 19.2. The Morgan fingerprint density at radius 3 is 2.32 bits per heavy atom. The van der Waals surface area contributed by atoms with Gasteiger partial charge in [-0.3, -0.25) is 0 Å². The van der Waals surface area contributed by atoms with Crippen LogP contribution < -0.4 is 5.32 Å². The first-order valence-corrected chi connectivity index (χ1v) is 12.4. The Balaban J connectivity index is 1.27. The number of ether oxygens (including phenoxy) is 1. The van der Waals surface area contributed by atoms with E-state index >= 15 is 0 Å². The lowest BCUT2D eigenvalue weighted by atomic mass is 9.96. The van der Waals surface area contributed by atoms with Gasteiger partial charge in [-0.25, -0.2) is 13.2 Å². The zero-order chi connectivity index (χ0) is 22.1. The van der Waals surface area contributed by atoms with Crippen LogP contribution in [0.3, 0.4) is 0 Å². The average Bonchev–Trinajstić information content (AvgIpc) is 3.54. The monoisotopic (exact) mass is 482 g/mol. The van der Waals surface area contributed by atoms with Crippen molar-refractivity contribution >= 4 is 39.3 Å². The molecule has 4 rings (SSSR count). The van der Waals surface area contributed by atoms with Gasteiger partial charge in [-0.1, -0.05) is 47.5 Å². The highest BCUT2D eigenvalue weighted by atomic mass is 35.5. The fraction of sp³-hybridized carbons (Fsp3) is 0.409. The molecule has 166 valence electrons. The van der Waals surface area contributed by atoms with E-state index in [2.05, 4.69) is 5.32 Å². The largest absolute Gasteiger partial charge is 0.446 e. The van der Waals surface area contributed by atoms with Crippen molar-refractivity contribution in [2.75, 3.05) is 19.6 Å². The van der Waals surface area contributed by atoms with Gasteiger partial charge in [-0.2, -0.15) is 4.31 Å². The summed E-state index contributed by atoms with van der Waals surface area (Å²) in [5, 5.41) is 3.77. The molecular weight excluding hydrogens is 459 g/mol. The maximum absolute atomic E-state index is 12.8. The number of hydrogen-bond donors (Lipinski definition) is 1. The quantitative estimate of drug-likeness (QED) is 0.652. The summed E-state index contributed by atoms with van der Waals surface area (Å²) in [6, 6.07) is 14.1. The van der Waals surface area contributed by atoms with Crippen LogP contribution in [0.15, 0.2) is 53.4 Å². The third-order valence-electron chi connectivity index (χ3n) is 6.01. The Hall–Kier alpha value is -1.80. The van der Waals surface area contributed by atoms with Crippen LogP contribution in [0.2, 0.25) is 10.0 Å². The summed E-state index contributed by atoms with van der Waals surface area (Å²) in [6.07, 6.45) is 2.12. The van der Waals surface area contributed by atoms with E-state index in [0.717, 1.165) is 18.4 Å². The first-order chi connectivity index (χ1) is 14.8. The molecule has 2 aliphatic rings. The molecule has 0 aromatic heterocycles. The van der Waals surface area contributed by atoms with Crippen LogP contribution in [0.1, 0.15) is 31.2 Å². The molecule has 1 saturated heterocycles. The molecule has 6 nitrogen and oxygen atoms in total. The van der Waals surface area contributed by atoms with Crippen molar-refractivity contribution in [2.45, 2.75) is 42.1 Å². The van der Waals surface area contributed by atoms with Gasteiger partial charge in [0.15, 0.2) is 0 Å². The topological polar surface area (TPSA) is 75.7 Å². The first-order valence-electron chi connectivity index (χ1n) is 10.3. The maximum atomic E-state index is 12.8. The second kappa shape index (κ2) is 8.98. The van der Waals surface area contributed by atoms with E-state index in [1.54, 1.807) is 18.2 Å². The smallest absolute Gasteiger partial charge is 0.407 e. The number of alkyl carbamates (subject to hydrolysis) is 1. The minimum atomic E-state index is -3.66. The number of carbonyl (C=O) groups excluding carboxylic acids is 1. The van der Waals surface area contributed by atoms with Gasteiger partial charge >= 0.3 is 6.09 Å². The second-order valence-electron chi connectivity index (χ2n) is 8.08. The molecule has 1 amide bonds. The summed E-state index contributed by atoms with van der Waals surface area (Å²) in [7, 11) is -3.66. The van der Waals surface area contributed by atoms with Gasteiger partial charge < -0.3 is 10.1 Å². The van der Waals surface area contributed by atoms with Gasteiger partial charge in [0.05, 0.1) is 5.02 Å². The number of piperidine rings is 1. The summed E-state index contributed by atoms with van der Waals surface area (Å²) >= 11 is 12.0. The minimum Gasteiger partial charge on any atom is -0.446 e. The van der Waals surface area contributed by atoms with Crippen molar-refractivity contribution in [3.63, 3.8) is 0 Å². The fourth-order valence-corrected chi connectivity index (χ4v) is 6.03. The average molecular weight is 483 g/mol. The van der Waals surface area contributed by atoms with Gasteiger partial charge in [0, 0.05) is 30.1 Å². The summed E-state index contributed by atoms with van der Waals surface area (Å²) < 4.78 is 32.6. The zero-order valence-electron chi connectivity index (χ0n) is 16.9. The third-order valence-corrected chi connectivity index (χ3v) is 8.66. The van der Waals surface area contributed by atoms with Gasteiger partial charge in [-0.15, -0.1) is 0 Å². The predicted octanol–water partition coefficient (Wildman–Crippen LogP) is 4.60. The second-order valence-corrected chi connectivity index (χ2v) is 10.8. The molecule has 2 fully saturated rings. The highest BCUT2D eigenvalue weighted by Crippen LogP contribution is 2.47. The van der Waals surface area contributed by atoms with E-state index in [4.69, 9.17) is 27.9 Å². The molecule has 1 aliphatic heterocycles. The van der Waals surface area contributed by atoms with Crippen molar-refractivity contribution in [3.8, 4) is 0 Å². The van der Waals surface area contributed by atoms with E-state index in [1.807, 2.05) is 24.3 Å². The molecular formula is C22H24Cl2N2O4S. The number of rotatable bonds is 6. The summed E-state index contributed by atoms with van der Waals surface area (Å²) in [5.74, 6) is 0. The number of carbonyl (C=O) groups is 1. The molecule has 1 aliphatic carbocycles. The van der Waals surface area contributed by atoms with E-state index in [1.165, 1.54) is 10.4 Å². The lowest BCUT2D eigenvalue weighted by Crippen LogP contribution is -2.43. The molecule has 1 N–H and O–H groups in total. The molecule has 1 heterocycles. The summed E-state index contributed by atoms with van der Waals surface area (Å²) in [6.45, 7) is 1.06. The SMILES string of the molecule is O=C(NCC1(c2ccc(Cl)cc2)CC1)OC1CCN(S(=O)(=O)c2ccccc2Cl)CC1. The first kappa shape index (κ1) is 22.4. The molecule has 0 bridgehead atoms. The van der Waals surface area contributed by atoms with E-state index in [9.17, 15) is 13.2 Å².